The van der Waals surface area contributed by atoms with E-state index >= 15 is 0 Å². The van der Waals surface area contributed by atoms with Crippen LogP contribution in [0.25, 0.3) is 10.2 Å². The molecule has 0 atom stereocenters. The molecule has 0 saturated heterocycles. The van der Waals surface area contributed by atoms with E-state index in [1.165, 1.54) is 35.4 Å². The van der Waals surface area contributed by atoms with E-state index in [9.17, 15) is 14.0 Å². The van der Waals surface area contributed by atoms with E-state index in [0.29, 0.717) is 26.5 Å². The standard InChI is InChI=1S/C23H16FN3O2S/c1-15(28)17-7-9-18(10-8-17)22(29)27(25-14-16-5-3-2-4-6-16)23-26-20-12-11-19(24)13-21(20)30-23/h2-14H,1H3/b25-14+. The smallest absolute Gasteiger partial charge is 0.280 e. The van der Waals surface area contributed by atoms with E-state index in [0.717, 1.165) is 5.56 Å². The van der Waals surface area contributed by atoms with Gasteiger partial charge in [0.2, 0.25) is 5.13 Å². The summed E-state index contributed by atoms with van der Waals surface area (Å²) in [6, 6.07) is 20.0. The van der Waals surface area contributed by atoms with E-state index in [2.05, 4.69) is 10.1 Å². The second-order valence-corrected chi connectivity index (χ2v) is 7.52. The van der Waals surface area contributed by atoms with Crippen LogP contribution in [-0.2, 0) is 0 Å². The van der Waals surface area contributed by atoms with Gasteiger partial charge < -0.3 is 0 Å². The van der Waals surface area contributed by atoms with Crippen LogP contribution in [-0.4, -0.2) is 22.9 Å². The number of benzene rings is 3. The van der Waals surface area contributed by atoms with Crippen LogP contribution in [0.3, 0.4) is 0 Å². The number of Topliss-reactive ketones (excluding diaryl/α,β-unsaturated/α-hetero) is 1. The molecular formula is C23H16FN3O2S. The molecule has 5 nitrogen and oxygen atoms in total. The van der Waals surface area contributed by atoms with Gasteiger partial charge >= 0.3 is 0 Å². The van der Waals surface area contributed by atoms with Crippen molar-refractivity contribution in [2.24, 2.45) is 5.10 Å². The van der Waals surface area contributed by atoms with E-state index in [1.807, 2.05) is 30.3 Å². The van der Waals surface area contributed by atoms with Crippen molar-refractivity contribution in [3.8, 4) is 0 Å². The Morgan fingerprint density at radius 3 is 2.40 bits per heavy atom. The summed E-state index contributed by atoms with van der Waals surface area (Å²) in [7, 11) is 0. The minimum Gasteiger partial charge on any atom is -0.295 e. The Balaban J connectivity index is 1.74. The fraction of sp³-hybridized carbons (Fsp3) is 0.0435. The van der Waals surface area contributed by atoms with Gasteiger partial charge in [0.05, 0.1) is 16.4 Å². The van der Waals surface area contributed by atoms with Crippen molar-refractivity contribution >= 4 is 44.6 Å². The fourth-order valence-corrected chi connectivity index (χ4v) is 3.75. The molecule has 1 amide bonds. The van der Waals surface area contributed by atoms with Gasteiger partial charge in [0, 0.05) is 11.1 Å². The van der Waals surface area contributed by atoms with Gasteiger partial charge in [-0.25, -0.2) is 9.37 Å². The lowest BCUT2D eigenvalue weighted by Crippen LogP contribution is -2.25. The van der Waals surface area contributed by atoms with Crippen LogP contribution in [0, 0.1) is 5.82 Å². The summed E-state index contributed by atoms with van der Waals surface area (Å²) in [5, 5.41) is 5.88. The molecule has 7 heteroatoms. The highest BCUT2D eigenvalue weighted by molar-refractivity contribution is 7.22. The van der Waals surface area contributed by atoms with Crippen LogP contribution in [0.4, 0.5) is 9.52 Å². The average Bonchev–Trinajstić information content (AvgIpc) is 3.17. The Hall–Kier alpha value is -3.71. The SMILES string of the molecule is CC(=O)c1ccc(C(=O)N(/N=C/c2ccccc2)c2nc3ccc(F)cc3s2)cc1. The van der Waals surface area contributed by atoms with E-state index in [4.69, 9.17) is 0 Å². The lowest BCUT2D eigenvalue weighted by molar-refractivity contribution is 0.0983. The minimum atomic E-state index is -0.406. The van der Waals surface area contributed by atoms with E-state index < -0.39 is 5.91 Å². The Kier molecular flexibility index (Phi) is 5.45. The maximum absolute atomic E-state index is 13.6. The molecule has 0 aliphatic heterocycles. The quantitative estimate of drug-likeness (QED) is 0.251. The third-order valence-electron chi connectivity index (χ3n) is 4.37. The first-order valence-corrected chi connectivity index (χ1v) is 9.93. The number of rotatable bonds is 5. The monoisotopic (exact) mass is 417 g/mol. The van der Waals surface area contributed by atoms with Crippen molar-refractivity contribution in [2.75, 3.05) is 5.01 Å². The topological polar surface area (TPSA) is 62.6 Å². The lowest BCUT2D eigenvalue weighted by Gasteiger charge is -2.14. The molecule has 4 aromatic rings. The van der Waals surface area contributed by atoms with Gasteiger partial charge in [0.1, 0.15) is 5.82 Å². The molecule has 0 N–H and O–H groups in total. The summed E-state index contributed by atoms with van der Waals surface area (Å²) in [5.74, 6) is -0.860. The largest absolute Gasteiger partial charge is 0.295 e. The predicted octanol–water partition coefficient (Wildman–Crippen LogP) is 5.32. The number of hydrogen-bond acceptors (Lipinski definition) is 5. The number of ketones is 1. The highest BCUT2D eigenvalue weighted by atomic mass is 32.1. The summed E-state index contributed by atoms with van der Waals surface area (Å²) in [6.45, 7) is 1.47. The van der Waals surface area contributed by atoms with Crippen LogP contribution >= 0.6 is 11.3 Å². The van der Waals surface area contributed by atoms with Crippen molar-refractivity contribution in [3.63, 3.8) is 0 Å². The number of amides is 1. The molecule has 0 bridgehead atoms. The molecule has 0 aliphatic rings. The number of carbonyl (C=O) groups excluding carboxylic acids is 2. The van der Waals surface area contributed by atoms with Crippen molar-refractivity contribution in [1.29, 1.82) is 0 Å². The first-order valence-electron chi connectivity index (χ1n) is 9.12. The number of carbonyl (C=O) groups is 2. The highest BCUT2D eigenvalue weighted by Gasteiger charge is 2.21. The molecular weight excluding hydrogens is 401 g/mol. The van der Waals surface area contributed by atoms with E-state index in [-0.39, 0.29) is 11.6 Å². The number of hydrogen-bond donors (Lipinski definition) is 0. The zero-order chi connectivity index (χ0) is 21.1. The van der Waals surface area contributed by atoms with Gasteiger partial charge in [-0.3, -0.25) is 9.59 Å². The molecule has 0 fully saturated rings. The van der Waals surface area contributed by atoms with Crippen molar-refractivity contribution in [3.05, 3.63) is 95.3 Å². The van der Waals surface area contributed by atoms with Crippen LogP contribution in [0.5, 0.6) is 0 Å². The van der Waals surface area contributed by atoms with Gasteiger partial charge in [-0.1, -0.05) is 53.8 Å². The molecule has 0 aliphatic carbocycles. The zero-order valence-corrected chi connectivity index (χ0v) is 16.8. The average molecular weight is 417 g/mol. The first-order chi connectivity index (χ1) is 14.5. The maximum atomic E-state index is 13.6. The van der Waals surface area contributed by atoms with Crippen LogP contribution in [0.2, 0.25) is 0 Å². The van der Waals surface area contributed by atoms with Crippen molar-refractivity contribution in [1.82, 2.24) is 4.98 Å². The second kappa shape index (κ2) is 8.34. The Morgan fingerprint density at radius 2 is 1.70 bits per heavy atom. The molecule has 148 valence electrons. The normalized spacial score (nSPS) is 11.1. The molecule has 0 unspecified atom stereocenters. The third-order valence-corrected chi connectivity index (χ3v) is 5.37. The second-order valence-electron chi connectivity index (χ2n) is 6.51. The zero-order valence-electron chi connectivity index (χ0n) is 15.9. The fourth-order valence-electron chi connectivity index (χ4n) is 2.80. The van der Waals surface area contributed by atoms with Crippen molar-refractivity contribution < 1.29 is 14.0 Å². The van der Waals surface area contributed by atoms with Crippen LogP contribution in [0.1, 0.15) is 33.2 Å². The number of anilines is 1. The summed E-state index contributed by atoms with van der Waals surface area (Å²) in [5.41, 5.74) is 2.27. The molecule has 30 heavy (non-hydrogen) atoms. The van der Waals surface area contributed by atoms with Crippen LogP contribution < -0.4 is 5.01 Å². The van der Waals surface area contributed by atoms with Crippen LogP contribution in [0.15, 0.2) is 77.9 Å². The minimum absolute atomic E-state index is 0.0823. The molecule has 0 spiro atoms. The predicted molar refractivity (Wildman–Crippen MR) is 117 cm³/mol. The molecule has 1 heterocycles. The molecule has 4 rings (SSSR count). The maximum Gasteiger partial charge on any atom is 0.280 e. The third kappa shape index (κ3) is 4.16. The van der Waals surface area contributed by atoms with Gasteiger partial charge in [0.25, 0.3) is 5.91 Å². The van der Waals surface area contributed by atoms with Gasteiger partial charge in [-0.05, 0) is 42.8 Å². The molecule has 0 saturated carbocycles. The summed E-state index contributed by atoms with van der Waals surface area (Å²) in [6.07, 6.45) is 1.56. The summed E-state index contributed by atoms with van der Waals surface area (Å²) < 4.78 is 14.2. The Bertz CT molecular complexity index is 1250. The number of thiazole rings is 1. The number of halogens is 1. The summed E-state index contributed by atoms with van der Waals surface area (Å²) >= 11 is 1.17. The Labute approximate surface area is 176 Å². The number of aromatic nitrogens is 1. The van der Waals surface area contributed by atoms with Gasteiger partial charge in [-0.15, -0.1) is 0 Å². The number of fused-ring (bicyclic) bond motifs is 1. The van der Waals surface area contributed by atoms with Gasteiger partial charge in [0.15, 0.2) is 5.78 Å². The summed E-state index contributed by atoms with van der Waals surface area (Å²) in [4.78, 5) is 29.2. The number of hydrazone groups is 1. The molecule has 3 aromatic carbocycles. The van der Waals surface area contributed by atoms with Gasteiger partial charge in [-0.2, -0.15) is 10.1 Å². The lowest BCUT2D eigenvalue weighted by atomic mass is 10.1. The first kappa shape index (κ1) is 19.6. The number of nitrogens with zero attached hydrogens (tertiary/aromatic N) is 3. The van der Waals surface area contributed by atoms with E-state index in [1.54, 1.807) is 36.5 Å². The molecule has 1 aromatic heterocycles. The molecule has 0 radical (unpaired) electrons. The highest BCUT2D eigenvalue weighted by Crippen LogP contribution is 2.30. The van der Waals surface area contributed by atoms with Crippen molar-refractivity contribution in [2.45, 2.75) is 6.92 Å². The Morgan fingerprint density at radius 1 is 1.00 bits per heavy atom.